The highest BCUT2D eigenvalue weighted by atomic mass is 16.6. The summed E-state index contributed by atoms with van der Waals surface area (Å²) in [5.74, 6) is 0. The van der Waals surface area contributed by atoms with Crippen LogP contribution in [0.1, 0.15) is 139 Å². The zero-order chi connectivity index (χ0) is 52.8. The molecule has 0 aliphatic heterocycles. The Balaban J connectivity index is 1.57. The van der Waals surface area contributed by atoms with Crippen LogP contribution in [-0.4, -0.2) is 127 Å². The first-order chi connectivity index (χ1) is 33.4. The molecule has 16 nitrogen and oxygen atoms in total. The minimum Gasteiger partial charge on any atom is -0.449 e. The van der Waals surface area contributed by atoms with Crippen LogP contribution < -0.4 is 21.3 Å². The van der Waals surface area contributed by atoms with Gasteiger partial charge in [-0.3, -0.25) is 0 Å². The van der Waals surface area contributed by atoms with Gasteiger partial charge < -0.3 is 59.2 Å². The van der Waals surface area contributed by atoms with Crippen molar-refractivity contribution in [3.05, 3.63) is 50.6 Å². The summed E-state index contributed by atoms with van der Waals surface area (Å²) in [5, 5.41) is 12.3. The Hall–Kier alpha value is -4.12. The van der Waals surface area contributed by atoms with Crippen molar-refractivity contribution in [2.45, 2.75) is 163 Å². The fourth-order valence-electron chi connectivity index (χ4n) is 11.5. The van der Waals surface area contributed by atoms with E-state index in [2.05, 4.69) is 89.1 Å². The van der Waals surface area contributed by atoms with Gasteiger partial charge in [0, 0.05) is 25.2 Å². The minimum absolute atomic E-state index is 0.117. The van der Waals surface area contributed by atoms with Crippen LogP contribution in [0.15, 0.2) is 50.6 Å². The molecular weight excluding hydrogens is 909 g/mol. The quantitative estimate of drug-likeness (QED) is 0.0303. The standard InChI is InChI=1S/C55H94N4O12/c1-14-24-64-36-54(18-5,37-65-25-15-2)40-68-45(60)56-34-51(11)31-43(29-50(9,10)32-51)59-48(63)70-44-22-20-21-23-53(44,13)71-46(61)57-35-52(12)30-42(28-49(7,8)33-52)58-47(62)69-41-55(19-6,38-66-26-16-3)39-67-27-17-4/h14-17,42-44H,1-4,18-41H2,5-13H3,(H,56,60)(H,57,61)(H,58,62)(H,59,63). The molecule has 3 aliphatic rings. The van der Waals surface area contributed by atoms with Crippen LogP contribution >= 0.6 is 0 Å². The molecule has 4 N–H and O–H groups in total. The molecule has 0 saturated heterocycles. The molecule has 3 fully saturated rings. The monoisotopic (exact) mass is 1000 g/mol. The SMILES string of the molecule is C=CCOCC(CC)(COCC=C)COC(=O)NCC1(C)CC(NC(=O)OC2CCCCC2(C)OC(=O)NCC2(C)CC(NC(=O)OCC(CC)(COCC=C)COCC=C)CC(C)(C)C2)CC(C)(C)C1. The lowest BCUT2D eigenvalue weighted by Crippen LogP contribution is -2.54. The predicted molar refractivity (Wildman–Crippen MR) is 277 cm³/mol. The van der Waals surface area contributed by atoms with E-state index in [0.717, 1.165) is 38.5 Å². The van der Waals surface area contributed by atoms with Gasteiger partial charge in [-0.05, 0) is 106 Å². The molecule has 4 amide bonds. The van der Waals surface area contributed by atoms with Crippen LogP contribution in [-0.2, 0) is 37.9 Å². The maximum Gasteiger partial charge on any atom is 0.407 e. The van der Waals surface area contributed by atoms with E-state index < -0.39 is 46.9 Å². The molecule has 71 heavy (non-hydrogen) atoms. The largest absolute Gasteiger partial charge is 0.449 e. The molecule has 16 heteroatoms. The van der Waals surface area contributed by atoms with E-state index in [-0.39, 0.29) is 47.0 Å². The highest BCUT2D eigenvalue weighted by Crippen LogP contribution is 2.47. The average molecular weight is 1000 g/mol. The lowest BCUT2D eigenvalue weighted by atomic mass is 9.62. The van der Waals surface area contributed by atoms with E-state index in [9.17, 15) is 19.2 Å². The summed E-state index contributed by atoms with van der Waals surface area (Å²) in [6.07, 6.45) is 12.3. The first-order valence-corrected chi connectivity index (χ1v) is 26.0. The van der Waals surface area contributed by atoms with Gasteiger partial charge in [0.1, 0.15) is 24.9 Å². The summed E-state index contributed by atoms with van der Waals surface area (Å²) in [6, 6.07) is -0.413. The molecule has 0 heterocycles. The molecular formula is C55H94N4O12. The second-order valence-electron chi connectivity index (χ2n) is 23.4. The summed E-state index contributed by atoms with van der Waals surface area (Å²) in [5.41, 5.74) is -3.11. The normalized spacial score (nSPS) is 26.1. The molecule has 3 saturated carbocycles. The van der Waals surface area contributed by atoms with Crippen molar-refractivity contribution >= 4 is 24.4 Å². The van der Waals surface area contributed by atoms with E-state index in [1.807, 2.05) is 20.8 Å². The summed E-state index contributed by atoms with van der Waals surface area (Å²) >= 11 is 0. The first kappa shape index (κ1) is 61.2. The Morgan fingerprint density at radius 3 is 1.38 bits per heavy atom. The lowest BCUT2D eigenvalue weighted by Gasteiger charge is -2.47. The summed E-state index contributed by atoms with van der Waals surface area (Å²) in [4.78, 5) is 53.8. The number of ether oxygens (including phenoxy) is 8. The van der Waals surface area contributed by atoms with Crippen LogP contribution in [0, 0.1) is 32.5 Å². The Labute approximate surface area is 426 Å². The Morgan fingerprint density at radius 1 is 0.549 bits per heavy atom. The first-order valence-electron chi connectivity index (χ1n) is 26.0. The van der Waals surface area contributed by atoms with E-state index in [4.69, 9.17) is 37.9 Å². The second kappa shape index (κ2) is 28.4. The number of hydrogen-bond acceptors (Lipinski definition) is 12. The number of rotatable bonds is 30. The average Bonchev–Trinajstić information content (AvgIpc) is 3.28. The number of hydrogen-bond donors (Lipinski definition) is 4. The van der Waals surface area contributed by atoms with Crippen LogP contribution in [0.5, 0.6) is 0 Å². The van der Waals surface area contributed by atoms with Crippen molar-refractivity contribution in [3.8, 4) is 0 Å². The van der Waals surface area contributed by atoms with Crippen LogP contribution in [0.4, 0.5) is 19.2 Å². The van der Waals surface area contributed by atoms with E-state index >= 15 is 0 Å². The van der Waals surface area contributed by atoms with Crippen molar-refractivity contribution in [1.82, 2.24) is 21.3 Å². The van der Waals surface area contributed by atoms with Crippen LogP contribution in [0.3, 0.4) is 0 Å². The van der Waals surface area contributed by atoms with Gasteiger partial charge in [-0.15, -0.1) is 26.3 Å². The number of nitrogens with one attached hydrogen (secondary N) is 4. The van der Waals surface area contributed by atoms with Crippen molar-refractivity contribution in [2.24, 2.45) is 32.5 Å². The zero-order valence-electron chi connectivity index (χ0n) is 45.2. The van der Waals surface area contributed by atoms with Crippen molar-refractivity contribution in [2.75, 3.05) is 79.2 Å². The molecule has 0 aromatic heterocycles. The fraction of sp³-hybridized carbons (Fsp3) is 0.782. The number of carbonyl (C=O) groups is 4. The Kier molecular flexibility index (Phi) is 24.4. The molecule has 0 bridgehead atoms. The number of alkyl carbamates (subject to hydrolysis) is 4. The van der Waals surface area contributed by atoms with Crippen molar-refractivity contribution in [3.63, 3.8) is 0 Å². The molecule has 0 spiro atoms. The summed E-state index contributed by atoms with van der Waals surface area (Å²) < 4.78 is 47.0. The molecule has 0 aromatic carbocycles. The fourth-order valence-corrected chi connectivity index (χ4v) is 11.5. The third-order valence-corrected chi connectivity index (χ3v) is 14.6. The maximum atomic E-state index is 13.7. The predicted octanol–water partition coefficient (Wildman–Crippen LogP) is 10.4. The molecule has 6 atom stereocenters. The Morgan fingerprint density at radius 2 is 0.958 bits per heavy atom. The number of carbonyl (C=O) groups excluding carboxylic acids is 4. The van der Waals surface area contributed by atoms with E-state index in [1.165, 1.54) is 0 Å². The van der Waals surface area contributed by atoms with E-state index in [1.54, 1.807) is 24.3 Å². The zero-order valence-corrected chi connectivity index (χ0v) is 45.2. The third kappa shape index (κ3) is 21.1. The van der Waals surface area contributed by atoms with Crippen LogP contribution in [0.2, 0.25) is 0 Å². The molecule has 3 aliphatic carbocycles. The highest BCUT2D eigenvalue weighted by Gasteiger charge is 2.47. The highest BCUT2D eigenvalue weighted by molar-refractivity contribution is 5.70. The van der Waals surface area contributed by atoms with Gasteiger partial charge >= 0.3 is 24.4 Å². The van der Waals surface area contributed by atoms with Gasteiger partial charge in [-0.25, -0.2) is 19.2 Å². The van der Waals surface area contributed by atoms with Gasteiger partial charge in [0.05, 0.1) is 63.7 Å². The summed E-state index contributed by atoms with van der Waals surface area (Å²) in [6.45, 7) is 37.5. The Bertz CT molecular complexity index is 1710. The van der Waals surface area contributed by atoms with Crippen molar-refractivity contribution in [1.29, 1.82) is 0 Å². The molecule has 3 rings (SSSR count). The maximum absolute atomic E-state index is 13.7. The smallest absolute Gasteiger partial charge is 0.407 e. The second-order valence-corrected chi connectivity index (χ2v) is 23.4. The lowest BCUT2D eigenvalue weighted by molar-refractivity contribution is -0.0978. The van der Waals surface area contributed by atoms with Gasteiger partial charge in [0.15, 0.2) is 0 Å². The number of amides is 4. The molecule has 406 valence electrons. The van der Waals surface area contributed by atoms with Gasteiger partial charge in [0.2, 0.25) is 0 Å². The topological polar surface area (TPSA) is 190 Å². The van der Waals surface area contributed by atoms with Gasteiger partial charge in [0.25, 0.3) is 0 Å². The van der Waals surface area contributed by atoms with Gasteiger partial charge in [-0.2, -0.15) is 0 Å². The van der Waals surface area contributed by atoms with E-state index in [0.29, 0.717) is 104 Å². The third-order valence-electron chi connectivity index (χ3n) is 14.6. The molecule has 0 aromatic rings. The molecule has 0 radical (unpaired) electrons. The van der Waals surface area contributed by atoms with Gasteiger partial charge in [-0.1, -0.05) is 79.7 Å². The minimum atomic E-state index is -1.04. The van der Waals surface area contributed by atoms with Crippen LogP contribution in [0.25, 0.3) is 0 Å². The summed E-state index contributed by atoms with van der Waals surface area (Å²) in [7, 11) is 0. The van der Waals surface area contributed by atoms with Crippen molar-refractivity contribution < 1.29 is 57.1 Å². The molecule has 6 unspecified atom stereocenters.